The number of rotatable bonds is 7. The Morgan fingerprint density at radius 3 is 2.27 bits per heavy atom. The van der Waals surface area contributed by atoms with Crippen LogP contribution in [0.5, 0.6) is 0 Å². The second-order valence-corrected chi connectivity index (χ2v) is 6.19. The Kier molecular flexibility index (Phi) is 7.88. The molecule has 144 valence electrons. The van der Waals surface area contributed by atoms with Crippen molar-refractivity contribution >= 4 is 29.3 Å². The molecule has 0 fully saturated rings. The summed E-state index contributed by atoms with van der Waals surface area (Å²) in [5.41, 5.74) is 0.176. The fourth-order valence-electron chi connectivity index (χ4n) is 1.94. The van der Waals surface area contributed by atoms with Crippen LogP contribution in [0.25, 0.3) is 0 Å². The first-order chi connectivity index (χ1) is 12.0. The lowest BCUT2D eigenvalue weighted by molar-refractivity contribution is -0.138. The van der Waals surface area contributed by atoms with Crippen molar-refractivity contribution in [2.45, 2.75) is 26.1 Å². The highest BCUT2D eigenvalue weighted by molar-refractivity contribution is 6.33. The zero-order valence-corrected chi connectivity index (χ0v) is 14.9. The summed E-state index contributed by atoms with van der Waals surface area (Å²) < 4.78 is 36.1. The average Bonchev–Trinajstić information content (AvgIpc) is 2.54. The molecule has 10 heteroatoms. The van der Waals surface area contributed by atoms with E-state index < -0.39 is 43.0 Å². The first kappa shape index (κ1) is 21.8. The molecule has 3 amide bonds. The fraction of sp³-hybridized carbons (Fsp3) is 0.438. The molecule has 0 spiro atoms. The second kappa shape index (κ2) is 9.42. The van der Waals surface area contributed by atoms with Crippen molar-refractivity contribution in [1.29, 1.82) is 0 Å². The van der Waals surface area contributed by atoms with E-state index in [1.807, 2.05) is 0 Å². The predicted molar refractivity (Wildman–Crippen MR) is 89.6 cm³/mol. The lowest BCUT2D eigenvalue weighted by atomic mass is 10.0. The number of carbonyl (C=O) groups is 3. The molecular formula is C16H19ClF3N3O3. The Bertz CT molecular complexity index is 666. The van der Waals surface area contributed by atoms with Gasteiger partial charge in [-0.25, -0.2) is 0 Å². The van der Waals surface area contributed by atoms with E-state index >= 15 is 0 Å². The average molecular weight is 394 g/mol. The summed E-state index contributed by atoms with van der Waals surface area (Å²) in [6, 6.07) is 5.26. The molecule has 1 aromatic rings. The normalized spacial score (nSPS) is 12.4. The molecule has 0 aliphatic rings. The van der Waals surface area contributed by atoms with Gasteiger partial charge in [-0.15, -0.1) is 0 Å². The molecule has 3 N–H and O–H groups in total. The molecule has 1 atom stereocenters. The van der Waals surface area contributed by atoms with Crippen LogP contribution in [0.1, 0.15) is 24.2 Å². The molecule has 6 nitrogen and oxygen atoms in total. The molecule has 26 heavy (non-hydrogen) atoms. The summed E-state index contributed by atoms with van der Waals surface area (Å²) >= 11 is 5.93. The quantitative estimate of drug-likeness (QED) is 0.661. The van der Waals surface area contributed by atoms with Gasteiger partial charge in [-0.05, 0) is 18.1 Å². The molecule has 0 radical (unpaired) electrons. The maximum atomic E-state index is 12.3. The van der Waals surface area contributed by atoms with Crippen LogP contribution in [0.3, 0.4) is 0 Å². The summed E-state index contributed by atoms with van der Waals surface area (Å²) in [6.45, 7) is 1.21. The summed E-state index contributed by atoms with van der Waals surface area (Å²) in [5, 5.41) is 6.56. The molecule has 0 heterocycles. The van der Waals surface area contributed by atoms with Crippen LogP contribution in [0, 0.1) is 5.92 Å². The summed E-state index contributed by atoms with van der Waals surface area (Å²) in [4.78, 5) is 35.8. The first-order valence-electron chi connectivity index (χ1n) is 7.68. The van der Waals surface area contributed by atoms with Gasteiger partial charge in [0.05, 0.1) is 17.1 Å². The van der Waals surface area contributed by atoms with E-state index in [-0.39, 0.29) is 16.5 Å². The Balaban J connectivity index is 2.63. The van der Waals surface area contributed by atoms with Gasteiger partial charge >= 0.3 is 6.18 Å². The number of amides is 3. The van der Waals surface area contributed by atoms with E-state index in [2.05, 4.69) is 10.6 Å². The molecule has 1 aromatic carbocycles. The third-order valence-corrected chi connectivity index (χ3v) is 3.59. The van der Waals surface area contributed by atoms with Crippen LogP contribution in [-0.4, -0.2) is 43.0 Å². The fourth-order valence-corrected chi connectivity index (χ4v) is 2.16. The summed E-state index contributed by atoms with van der Waals surface area (Å²) in [5.74, 6) is -2.59. The van der Waals surface area contributed by atoms with Gasteiger partial charge in [-0.3, -0.25) is 14.4 Å². The first-order valence-corrected chi connectivity index (χ1v) is 8.05. The second-order valence-electron chi connectivity index (χ2n) is 5.78. The molecule has 0 saturated heterocycles. The summed E-state index contributed by atoms with van der Waals surface area (Å²) in [7, 11) is 0. The molecule has 0 aliphatic heterocycles. The van der Waals surface area contributed by atoms with Gasteiger partial charge in [0, 0.05) is 0 Å². The van der Waals surface area contributed by atoms with Crippen LogP contribution in [-0.2, 0) is 9.59 Å². The maximum absolute atomic E-state index is 12.3. The monoisotopic (exact) mass is 393 g/mol. The number of nitrogens with one attached hydrogen (secondary N) is 3. The molecule has 0 saturated carbocycles. The van der Waals surface area contributed by atoms with Gasteiger partial charge in [0.15, 0.2) is 0 Å². The number of carbonyl (C=O) groups excluding carboxylic acids is 3. The van der Waals surface area contributed by atoms with Gasteiger partial charge in [-0.1, -0.05) is 37.6 Å². The topological polar surface area (TPSA) is 87.3 Å². The zero-order chi connectivity index (χ0) is 19.9. The molecular weight excluding hydrogens is 375 g/mol. The SMILES string of the molecule is CC(C)C(NC(=O)c1ccccc1Cl)C(=O)NCC(=O)NCC(F)(F)F. The lowest BCUT2D eigenvalue weighted by Crippen LogP contribution is -2.51. The van der Waals surface area contributed by atoms with Crippen molar-refractivity contribution in [2.24, 2.45) is 5.92 Å². The lowest BCUT2D eigenvalue weighted by Gasteiger charge is -2.22. The Hall–Kier alpha value is -2.29. The minimum Gasteiger partial charge on any atom is -0.345 e. The summed E-state index contributed by atoms with van der Waals surface area (Å²) in [6.07, 6.45) is -4.54. The van der Waals surface area contributed by atoms with E-state index in [0.717, 1.165) is 0 Å². The highest BCUT2D eigenvalue weighted by Gasteiger charge is 2.28. The number of alkyl halides is 3. The van der Waals surface area contributed by atoms with E-state index in [1.54, 1.807) is 31.3 Å². The highest BCUT2D eigenvalue weighted by Crippen LogP contribution is 2.15. The van der Waals surface area contributed by atoms with Crippen molar-refractivity contribution in [3.63, 3.8) is 0 Å². The Morgan fingerprint density at radius 1 is 1.12 bits per heavy atom. The minimum absolute atomic E-state index is 0.176. The van der Waals surface area contributed by atoms with Crippen LogP contribution in [0.4, 0.5) is 13.2 Å². The van der Waals surface area contributed by atoms with Crippen LogP contribution in [0.15, 0.2) is 24.3 Å². The van der Waals surface area contributed by atoms with Gasteiger partial charge in [-0.2, -0.15) is 13.2 Å². The number of halogens is 4. The van der Waals surface area contributed by atoms with Crippen LogP contribution < -0.4 is 16.0 Å². The smallest absolute Gasteiger partial charge is 0.345 e. The molecule has 1 rings (SSSR count). The standard InChI is InChI=1S/C16H19ClF3N3O3/c1-9(2)13(23-14(25)10-5-3-4-6-11(10)17)15(26)21-7-12(24)22-8-16(18,19)20/h3-6,9,13H,7-8H2,1-2H3,(H,21,26)(H,22,24)(H,23,25). The zero-order valence-electron chi connectivity index (χ0n) is 14.1. The number of hydrogen-bond acceptors (Lipinski definition) is 3. The van der Waals surface area contributed by atoms with Gasteiger partial charge in [0.25, 0.3) is 5.91 Å². The Morgan fingerprint density at radius 2 is 1.73 bits per heavy atom. The highest BCUT2D eigenvalue weighted by atomic mass is 35.5. The van der Waals surface area contributed by atoms with Crippen molar-refractivity contribution in [2.75, 3.05) is 13.1 Å². The minimum atomic E-state index is -4.54. The van der Waals surface area contributed by atoms with Crippen molar-refractivity contribution < 1.29 is 27.6 Å². The van der Waals surface area contributed by atoms with E-state index in [1.165, 1.54) is 12.1 Å². The molecule has 1 unspecified atom stereocenters. The van der Waals surface area contributed by atoms with Crippen molar-refractivity contribution in [1.82, 2.24) is 16.0 Å². The van der Waals surface area contributed by atoms with Crippen molar-refractivity contribution in [3.8, 4) is 0 Å². The van der Waals surface area contributed by atoms with E-state index in [0.29, 0.717) is 0 Å². The third kappa shape index (κ3) is 7.30. The van der Waals surface area contributed by atoms with Gasteiger partial charge in [0.1, 0.15) is 12.6 Å². The van der Waals surface area contributed by atoms with E-state index in [9.17, 15) is 27.6 Å². The van der Waals surface area contributed by atoms with Crippen LogP contribution in [0.2, 0.25) is 5.02 Å². The number of benzene rings is 1. The van der Waals surface area contributed by atoms with E-state index in [4.69, 9.17) is 11.6 Å². The molecule has 0 bridgehead atoms. The van der Waals surface area contributed by atoms with Crippen molar-refractivity contribution in [3.05, 3.63) is 34.9 Å². The van der Waals surface area contributed by atoms with Gasteiger partial charge < -0.3 is 16.0 Å². The van der Waals surface area contributed by atoms with Gasteiger partial charge in [0.2, 0.25) is 11.8 Å². The Labute approximate surface area is 153 Å². The molecule has 0 aromatic heterocycles. The predicted octanol–water partition coefficient (Wildman–Crippen LogP) is 1.89. The van der Waals surface area contributed by atoms with Crippen LogP contribution >= 0.6 is 11.6 Å². The third-order valence-electron chi connectivity index (χ3n) is 3.26. The maximum Gasteiger partial charge on any atom is 0.405 e. The molecule has 0 aliphatic carbocycles. The largest absolute Gasteiger partial charge is 0.405 e. The number of hydrogen-bond donors (Lipinski definition) is 3.